The number of ether oxygens (including phenoxy) is 1. The standard InChI is InChI=1S/C21H22N2O3/c22-13-16-26-15-5-4-14-23-19(9-6-10-21(23)25)11-12-20(24)17-18-7-2-1-3-8-18/h1-3,7-8,11-12,19H,6,9-10,14-17H2/b12-11+/t19-/m1/s1. The third-order valence-corrected chi connectivity index (χ3v) is 4.05. The first kappa shape index (κ1) is 19.4. The van der Waals surface area contributed by atoms with Crippen molar-refractivity contribution < 1.29 is 14.3 Å². The van der Waals surface area contributed by atoms with Crippen molar-refractivity contribution in [1.82, 2.24) is 4.90 Å². The minimum atomic E-state index is -0.106. The van der Waals surface area contributed by atoms with Gasteiger partial charge in [-0.05, 0) is 24.5 Å². The van der Waals surface area contributed by atoms with E-state index in [9.17, 15) is 9.59 Å². The number of benzene rings is 1. The lowest BCUT2D eigenvalue weighted by Crippen LogP contribution is -2.42. The van der Waals surface area contributed by atoms with Crippen molar-refractivity contribution in [3.05, 3.63) is 48.0 Å². The zero-order valence-electron chi connectivity index (χ0n) is 14.7. The Labute approximate surface area is 154 Å². The molecule has 0 bridgehead atoms. The number of carbonyl (C=O) groups is 2. The summed E-state index contributed by atoms with van der Waals surface area (Å²) in [6.07, 6.45) is 5.90. The molecule has 0 saturated carbocycles. The number of likely N-dealkylation sites (tertiary alicyclic amines) is 1. The molecule has 1 heterocycles. The molecule has 5 heteroatoms. The molecule has 0 N–H and O–H groups in total. The molecule has 1 aromatic carbocycles. The number of carbonyl (C=O) groups excluding carboxylic acids is 2. The second-order valence-electron chi connectivity index (χ2n) is 5.97. The van der Waals surface area contributed by atoms with E-state index in [1.807, 2.05) is 42.5 Å². The second-order valence-corrected chi connectivity index (χ2v) is 5.97. The van der Waals surface area contributed by atoms with Gasteiger partial charge in [0.05, 0.1) is 18.7 Å². The van der Waals surface area contributed by atoms with Crippen LogP contribution < -0.4 is 0 Å². The summed E-state index contributed by atoms with van der Waals surface area (Å²) < 4.78 is 4.96. The molecule has 1 atom stereocenters. The summed E-state index contributed by atoms with van der Waals surface area (Å²) in [6.45, 7) is 0.481. The fourth-order valence-corrected chi connectivity index (χ4v) is 2.77. The van der Waals surface area contributed by atoms with Gasteiger partial charge in [-0.25, -0.2) is 0 Å². The number of nitriles is 1. The molecule has 0 aromatic heterocycles. The zero-order valence-corrected chi connectivity index (χ0v) is 14.7. The smallest absolute Gasteiger partial charge is 0.223 e. The van der Waals surface area contributed by atoms with Crippen LogP contribution in [-0.4, -0.2) is 42.4 Å². The zero-order chi connectivity index (χ0) is 18.6. The Morgan fingerprint density at radius 2 is 2.08 bits per heavy atom. The highest BCUT2D eigenvalue weighted by molar-refractivity contribution is 5.91. The van der Waals surface area contributed by atoms with E-state index in [4.69, 9.17) is 10.00 Å². The van der Waals surface area contributed by atoms with Gasteiger partial charge in [0, 0.05) is 12.8 Å². The minimum Gasteiger partial charge on any atom is -0.354 e. The van der Waals surface area contributed by atoms with Gasteiger partial charge in [0.1, 0.15) is 13.2 Å². The Balaban J connectivity index is 1.90. The highest BCUT2D eigenvalue weighted by Crippen LogP contribution is 2.19. The lowest BCUT2D eigenvalue weighted by atomic mass is 10.00. The van der Waals surface area contributed by atoms with Crippen LogP contribution in [0.25, 0.3) is 0 Å². The van der Waals surface area contributed by atoms with Crippen LogP contribution in [0.15, 0.2) is 42.5 Å². The molecule has 0 aliphatic carbocycles. The minimum absolute atomic E-state index is 0.00616. The van der Waals surface area contributed by atoms with E-state index in [0.717, 1.165) is 18.4 Å². The maximum atomic E-state index is 12.2. The van der Waals surface area contributed by atoms with Gasteiger partial charge in [-0.15, -0.1) is 0 Å². The topological polar surface area (TPSA) is 70.4 Å². The number of ketones is 1. The van der Waals surface area contributed by atoms with E-state index < -0.39 is 0 Å². The molecule has 0 radical (unpaired) electrons. The van der Waals surface area contributed by atoms with Gasteiger partial charge in [-0.1, -0.05) is 48.2 Å². The molecule has 134 valence electrons. The predicted octanol–water partition coefficient (Wildman–Crippen LogP) is 2.28. The van der Waals surface area contributed by atoms with Crippen LogP contribution in [0.3, 0.4) is 0 Å². The molecule has 1 aliphatic heterocycles. The molecule has 1 saturated heterocycles. The first-order chi connectivity index (χ1) is 12.7. The van der Waals surface area contributed by atoms with Gasteiger partial charge >= 0.3 is 0 Å². The van der Waals surface area contributed by atoms with Crippen molar-refractivity contribution in [2.45, 2.75) is 31.7 Å². The van der Waals surface area contributed by atoms with Crippen molar-refractivity contribution >= 4 is 11.7 Å². The molecule has 5 nitrogen and oxygen atoms in total. The van der Waals surface area contributed by atoms with Crippen molar-refractivity contribution in [3.8, 4) is 17.9 Å². The van der Waals surface area contributed by atoms with E-state index in [-0.39, 0.29) is 30.9 Å². The number of hydrogen-bond donors (Lipinski definition) is 0. The van der Waals surface area contributed by atoms with E-state index in [0.29, 0.717) is 19.4 Å². The molecule has 2 rings (SSSR count). The summed E-state index contributed by atoms with van der Waals surface area (Å²) >= 11 is 0. The maximum Gasteiger partial charge on any atom is 0.223 e. The Morgan fingerprint density at radius 1 is 1.27 bits per heavy atom. The largest absolute Gasteiger partial charge is 0.354 e. The predicted molar refractivity (Wildman–Crippen MR) is 97.9 cm³/mol. The van der Waals surface area contributed by atoms with E-state index in [2.05, 4.69) is 11.8 Å². The Bertz CT molecular complexity index is 738. The molecule has 0 spiro atoms. The van der Waals surface area contributed by atoms with Gasteiger partial charge < -0.3 is 9.64 Å². The summed E-state index contributed by atoms with van der Waals surface area (Å²) in [5.74, 6) is 5.77. The number of amides is 1. The van der Waals surface area contributed by atoms with E-state index in [1.54, 1.807) is 11.0 Å². The highest BCUT2D eigenvalue weighted by Gasteiger charge is 2.25. The number of piperidine rings is 1. The van der Waals surface area contributed by atoms with Crippen LogP contribution in [-0.2, 0) is 20.7 Å². The number of rotatable bonds is 7. The highest BCUT2D eigenvalue weighted by atomic mass is 16.5. The van der Waals surface area contributed by atoms with Crippen LogP contribution >= 0.6 is 0 Å². The lowest BCUT2D eigenvalue weighted by Gasteiger charge is -2.32. The van der Waals surface area contributed by atoms with Crippen LogP contribution in [0.1, 0.15) is 24.8 Å². The van der Waals surface area contributed by atoms with Crippen LogP contribution in [0.5, 0.6) is 0 Å². The normalized spacial score (nSPS) is 16.8. The molecular formula is C21H22N2O3. The summed E-state index contributed by atoms with van der Waals surface area (Å²) in [4.78, 5) is 26.0. The molecule has 1 aromatic rings. The first-order valence-corrected chi connectivity index (χ1v) is 8.65. The van der Waals surface area contributed by atoms with Crippen molar-refractivity contribution in [2.24, 2.45) is 0 Å². The fourth-order valence-electron chi connectivity index (χ4n) is 2.77. The molecule has 0 unspecified atom stereocenters. The van der Waals surface area contributed by atoms with Crippen molar-refractivity contribution in [3.63, 3.8) is 0 Å². The summed E-state index contributed by atoms with van der Waals surface area (Å²) in [5.41, 5.74) is 0.974. The monoisotopic (exact) mass is 350 g/mol. The summed E-state index contributed by atoms with van der Waals surface area (Å²) in [7, 11) is 0. The molecule has 26 heavy (non-hydrogen) atoms. The first-order valence-electron chi connectivity index (χ1n) is 8.65. The Kier molecular flexibility index (Phi) is 8.12. The summed E-state index contributed by atoms with van der Waals surface area (Å²) in [6, 6.07) is 11.3. The molecular weight excluding hydrogens is 328 g/mol. The lowest BCUT2D eigenvalue weighted by molar-refractivity contribution is -0.134. The van der Waals surface area contributed by atoms with Crippen LogP contribution in [0, 0.1) is 23.2 Å². The Hall–Kier alpha value is -2.89. The molecule has 1 aliphatic rings. The number of allylic oxidation sites excluding steroid dienone is 1. The number of nitrogens with zero attached hydrogens (tertiary/aromatic N) is 2. The SMILES string of the molecule is N#CCOCC#CCN1C(=O)CCC[C@@H]1/C=C/C(=O)Cc1ccccc1. The molecule has 1 amide bonds. The van der Waals surface area contributed by atoms with E-state index >= 15 is 0 Å². The second kappa shape index (κ2) is 10.9. The summed E-state index contributed by atoms with van der Waals surface area (Å²) in [5, 5.41) is 8.38. The van der Waals surface area contributed by atoms with Gasteiger partial charge in [0.2, 0.25) is 5.91 Å². The van der Waals surface area contributed by atoms with Crippen LogP contribution in [0.4, 0.5) is 0 Å². The maximum absolute atomic E-state index is 12.2. The average molecular weight is 350 g/mol. The fraction of sp³-hybridized carbons (Fsp3) is 0.381. The van der Waals surface area contributed by atoms with Crippen LogP contribution in [0.2, 0.25) is 0 Å². The van der Waals surface area contributed by atoms with E-state index in [1.165, 1.54) is 0 Å². The van der Waals surface area contributed by atoms with Crippen molar-refractivity contribution in [2.75, 3.05) is 19.8 Å². The quantitative estimate of drug-likeness (QED) is 0.430. The van der Waals surface area contributed by atoms with Gasteiger partial charge in [0.15, 0.2) is 5.78 Å². The average Bonchev–Trinajstić information content (AvgIpc) is 2.65. The van der Waals surface area contributed by atoms with Gasteiger partial charge in [0.25, 0.3) is 0 Å². The van der Waals surface area contributed by atoms with Gasteiger partial charge in [-0.3, -0.25) is 9.59 Å². The number of hydrogen-bond acceptors (Lipinski definition) is 4. The molecule has 1 fully saturated rings. The van der Waals surface area contributed by atoms with Crippen molar-refractivity contribution in [1.29, 1.82) is 5.26 Å². The Morgan fingerprint density at radius 3 is 2.85 bits per heavy atom. The third kappa shape index (κ3) is 6.55. The van der Waals surface area contributed by atoms with Gasteiger partial charge in [-0.2, -0.15) is 5.26 Å². The third-order valence-electron chi connectivity index (χ3n) is 4.05.